The topological polar surface area (TPSA) is 12.4 Å². The second kappa shape index (κ2) is 3.23. The molecular weight excluding hydrogens is 170 g/mol. The lowest BCUT2D eigenvalue weighted by atomic mass is 9.81. The number of rotatable bonds is 2. The van der Waals surface area contributed by atoms with Crippen LogP contribution < -0.4 is 0 Å². The van der Waals surface area contributed by atoms with Gasteiger partial charge in [-0.1, -0.05) is 45.0 Å². The first kappa shape index (κ1) is 9.45. The van der Waals surface area contributed by atoms with Gasteiger partial charge in [0.15, 0.2) is 0 Å². The average molecular weight is 187 g/mol. The molecule has 0 saturated carbocycles. The van der Waals surface area contributed by atoms with E-state index in [9.17, 15) is 0 Å². The quantitative estimate of drug-likeness (QED) is 0.672. The van der Waals surface area contributed by atoms with E-state index >= 15 is 0 Å². The smallest absolute Gasteiger partial charge is 0.0650 e. The normalized spacial score (nSPS) is 15.2. The van der Waals surface area contributed by atoms with Gasteiger partial charge in [-0.15, -0.1) is 0 Å². The summed E-state index contributed by atoms with van der Waals surface area (Å²) in [4.78, 5) is 4.66. The van der Waals surface area contributed by atoms with Crippen LogP contribution in [0.3, 0.4) is 0 Å². The van der Waals surface area contributed by atoms with Gasteiger partial charge >= 0.3 is 0 Å². The van der Waals surface area contributed by atoms with Gasteiger partial charge < -0.3 is 0 Å². The first-order chi connectivity index (χ1) is 6.65. The first-order valence-electron chi connectivity index (χ1n) is 5.28. The molecule has 2 rings (SSSR count). The molecule has 0 aromatic heterocycles. The summed E-state index contributed by atoms with van der Waals surface area (Å²) in [5.41, 5.74) is 4.24. The highest BCUT2D eigenvalue weighted by Gasteiger charge is 2.28. The van der Waals surface area contributed by atoms with Gasteiger partial charge in [0.1, 0.15) is 0 Å². The summed E-state index contributed by atoms with van der Waals surface area (Å²) in [6.45, 7) is 7.64. The van der Waals surface area contributed by atoms with Crippen LogP contribution in [0.25, 0.3) is 0 Å². The number of benzene rings is 1. The number of hydrogen-bond acceptors (Lipinski definition) is 1. The van der Waals surface area contributed by atoms with E-state index in [4.69, 9.17) is 0 Å². The lowest BCUT2D eigenvalue weighted by Crippen LogP contribution is -2.23. The van der Waals surface area contributed by atoms with Crippen LogP contribution in [0.15, 0.2) is 29.3 Å². The van der Waals surface area contributed by atoms with Gasteiger partial charge in [0.25, 0.3) is 0 Å². The molecule has 1 nitrogen and oxygen atoms in total. The van der Waals surface area contributed by atoms with Crippen molar-refractivity contribution in [1.82, 2.24) is 0 Å². The summed E-state index contributed by atoms with van der Waals surface area (Å²) < 4.78 is 0. The summed E-state index contributed by atoms with van der Waals surface area (Å²) in [7, 11) is 0. The predicted octanol–water partition coefficient (Wildman–Crippen LogP) is 3.43. The molecule has 1 heterocycles. The molecule has 0 fully saturated rings. The van der Waals surface area contributed by atoms with Crippen LogP contribution in [0.2, 0.25) is 0 Å². The molecule has 0 aliphatic carbocycles. The molecule has 0 atom stereocenters. The molecule has 0 amide bonds. The fourth-order valence-electron chi connectivity index (χ4n) is 1.88. The van der Waals surface area contributed by atoms with E-state index < -0.39 is 0 Å². The Bertz CT molecular complexity index is 375. The maximum absolute atomic E-state index is 4.66. The molecule has 1 aromatic carbocycles. The van der Waals surface area contributed by atoms with E-state index in [0.717, 1.165) is 13.0 Å². The third kappa shape index (κ3) is 1.37. The number of nitrogens with zero attached hydrogens (tertiary/aromatic N) is 1. The largest absolute Gasteiger partial charge is 0.284 e. The fraction of sp³-hybridized carbons (Fsp3) is 0.462. The van der Waals surface area contributed by atoms with Crippen LogP contribution in [0.4, 0.5) is 0 Å². The molecule has 74 valence electrons. The minimum Gasteiger partial charge on any atom is -0.284 e. The van der Waals surface area contributed by atoms with Crippen molar-refractivity contribution in [1.29, 1.82) is 0 Å². The van der Waals surface area contributed by atoms with Gasteiger partial charge in [0, 0.05) is 16.7 Å². The highest BCUT2D eigenvalue weighted by atomic mass is 14.8. The molecule has 0 saturated heterocycles. The number of aliphatic imine (C=N–C) groups is 1. The van der Waals surface area contributed by atoms with E-state index in [1.54, 1.807) is 0 Å². The van der Waals surface area contributed by atoms with Crippen molar-refractivity contribution < 1.29 is 0 Å². The van der Waals surface area contributed by atoms with Gasteiger partial charge in [-0.25, -0.2) is 0 Å². The third-order valence-electron chi connectivity index (χ3n) is 3.20. The second-order valence-corrected chi connectivity index (χ2v) is 4.56. The molecule has 0 radical (unpaired) electrons. The van der Waals surface area contributed by atoms with Crippen LogP contribution in [0.5, 0.6) is 0 Å². The highest BCUT2D eigenvalue weighted by molar-refractivity contribution is 6.07. The molecule has 0 spiro atoms. The van der Waals surface area contributed by atoms with E-state index in [2.05, 4.69) is 50.0 Å². The van der Waals surface area contributed by atoms with Crippen molar-refractivity contribution >= 4 is 5.71 Å². The zero-order valence-electron chi connectivity index (χ0n) is 9.17. The maximum atomic E-state index is 4.66. The summed E-state index contributed by atoms with van der Waals surface area (Å²) in [6.07, 6.45) is 1.14. The molecule has 0 bridgehead atoms. The number of fused-ring (bicyclic) bond motifs is 1. The van der Waals surface area contributed by atoms with E-state index in [-0.39, 0.29) is 5.41 Å². The second-order valence-electron chi connectivity index (χ2n) is 4.56. The van der Waals surface area contributed by atoms with E-state index in [1.807, 2.05) is 0 Å². The zero-order valence-corrected chi connectivity index (χ0v) is 9.17. The molecule has 1 aromatic rings. The zero-order chi connectivity index (χ0) is 10.2. The fourth-order valence-corrected chi connectivity index (χ4v) is 1.88. The summed E-state index contributed by atoms with van der Waals surface area (Å²) >= 11 is 0. The van der Waals surface area contributed by atoms with Crippen molar-refractivity contribution in [3.05, 3.63) is 35.4 Å². The van der Waals surface area contributed by atoms with Crippen LogP contribution in [-0.4, -0.2) is 5.71 Å². The van der Waals surface area contributed by atoms with Crippen molar-refractivity contribution in [2.75, 3.05) is 0 Å². The lowest BCUT2D eigenvalue weighted by molar-refractivity contribution is 0.504. The van der Waals surface area contributed by atoms with Crippen molar-refractivity contribution in [3.63, 3.8) is 0 Å². The lowest BCUT2D eigenvalue weighted by Gasteiger charge is -2.23. The Morgan fingerprint density at radius 1 is 1.29 bits per heavy atom. The Morgan fingerprint density at radius 2 is 2.00 bits per heavy atom. The Balaban J connectivity index is 2.43. The van der Waals surface area contributed by atoms with Gasteiger partial charge in [-0.05, 0) is 12.0 Å². The Morgan fingerprint density at radius 3 is 2.71 bits per heavy atom. The van der Waals surface area contributed by atoms with Crippen LogP contribution in [0, 0.1) is 5.41 Å². The molecule has 1 heteroatoms. The summed E-state index contributed by atoms with van der Waals surface area (Å²) in [6, 6.07) is 8.57. The standard InChI is InChI=1S/C13H17N/c1-4-13(2,3)12-11-8-6-5-7-10(11)9-14-12/h5-8H,4,9H2,1-3H3. The Labute approximate surface area is 85.9 Å². The summed E-state index contributed by atoms with van der Waals surface area (Å²) in [5, 5.41) is 0. The maximum Gasteiger partial charge on any atom is 0.0650 e. The number of hydrogen-bond donors (Lipinski definition) is 0. The highest BCUT2D eigenvalue weighted by Crippen LogP contribution is 2.32. The minimum atomic E-state index is 0.215. The Hall–Kier alpha value is -1.11. The van der Waals surface area contributed by atoms with Gasteiger partial charge in [-0.3, -0.25) is 4.99 Å². The van der Waals surface area contributed by atoms with Crippen LogP contribution in [-0.2, 0) is 6.54 Å². The Kier molecular flexibility index (Phi) is 2.18. The van der Waals surface area contributed by atoms with E-state index in [1.165, 1.54) is 16.8 Å². The van der Waals surface area contributed by atoms with Crippen LogP contribution in [0.1, 0.15) is 38.3 Å². The van der Waals surface area contributed by atoms with Gasteiger partial charge in [0.05, 0.1) is 6.54 Å². The molecule has 0 unspecified atom stereocenters. The first-order valence-corrected chi connectivity index (χ1v) is 5.28. The molecule has 14 heavy (non-hydrogen) atoms. The monoisotopic (exact) mass is 187 g/mol. The average Bonchev–Trinajstić information content (AvgIpc) is 2.61. The van der Waals surface area contributed by atoms with Gasteiger partial charge in [0.2, 0.25) is 0 Å². The minimum absolute atomic E-state index is 0.215. The molecular formula is C13H17N. The van der Waals surface area contributed by atoms with Crippen molar-refractivity contribution in [2.45, 2.75) is 33.7 Å². The van der Waals surface area contributed by atoms with Gasteiger partial charge in [-0.2, -0.15) is 0 Å². The van der Waals surface area contributed by atoms with Crippen molar-refractivity contribution in [3.8, 4) is 0 Å². The summed E-state index contributed by atoms with van der Waals surface area (Å²) in [5.74, 6) is 0. The SMILES string of the molecule is CCC(C)(C)C1=NCc2ccccc21. The molecule has 1 aliphatic rings. The third-order valence-corrected chi connectivity index (χ3v) is 3.20. The molecule has 1 aliphatic heterocycles. The molecule has 0 N–H and O–H groups in total. The van der Waals surface area contributed by atoms with E-state index in [0.29, 0.717) is 0 Å². The predicted molar refractivity (Wildman–Crippen MR) is 60.8 cm³/mol. The van der Waals surface area contributed by atoms with Crippen molar-refractivity contribution in [2.24, 2.45) is 10.4 Å². The van der Waals surface area contributed by atoms with Crippen LogP contribution >= 0.6 is 0 Å².